The van der Waals surface area contributed by atoms with Gasteiger partial charge in [-0.3, -0.25) is 0 Å². The first-order valence-corrected chi connectivity index (χ1v) is 6.56. The highest BCUT2D eigenvalue weighted by molar-refractivity contribution is 5.92. The molecule has 0 bridgehead atoms. The lowest BCUT2D eigenvalue weighted by Gasteiger charge is -2.02. The van der Waals surface area contributed by atoms with Gasteiger partial charge < -0.3 is 9.52 Å². The number of hydrogen-bond acceptors (Lipinski definition) is 5. The lowest BCUT2D eigenvalue weighted by Crippen LogP contribution is -1.97. The van der Waals surface area contributed by atoms with E-state index in [0.29, 0.717) is 23.4 Å². The third-order valence-electron chi connectivity index (χ3n) is 3.19. The van der Waals surface area contributed by atoms with Gasteiger partial charge in [-0.2, -0.15) is 10.2 Å². The topological polar surface area (TPSA) is 89.1 Å². The van der Waals surface area contributed by atoms with E-state index in [1.807, 2.05) is 19.9 Å². The van der Waals surface area contributed by atoms with Crippen molar-refractivity contribution in [3.05, 3.63) is 41.2 Å². The van der Waals surface area contributed by atoms with Crippen LogP contribution in [0.25, 0.3) is 22.6 Å². The van der Waals surface area contributed by atoms with Crippen molar-refractivity contribution in [2.24, 2.45) is 0 Å². The maximum atomic E-state index is 11.0. The molecular formula is C15H13N3O3. The van der Waals surface area contributed by atoms with E-state index in [1.165, 1.54) is 12.1 Å². The molecule has 3 aromatic rings. The van der Waals surface area contributed by atoms with Crippen molar-refractivity contribution < 1.29 is 14.3 Å². The molecule has 21 heavy (non-hydrogen) atoms. The number of nitrogens with zero attached hydrogens (tertiary/aromatic N) is 3. The normalized spacial score (nSPS) is 11.0. The van der Waals surface area contributed by atoms with Crippen molar-refractivity contribution in [3.63, 3.8) is 0 Å². The molecular weight excluding hydrogens is 270 g/mol. The summed E-state index contributed by atoms with van der Waals surface area (Å²) in [5, 5.41) is 17.2. The molecule has 2 heterocycles. The molecule has 0 aliphatic rings. The Labute approximate surface area is 120 Å². The minimum atomic E-state index is -0.989. The van der Waals surface area contributed by atoms with E-state index in [1.54, 1.807) is 6.07 Å². The van der Waals surface area contributed by atoms with E-state index in [2.05, 4.69) is 15.2 Å². The van der Waals surface area contributed by atoms with Gasteiger partial charge in [0.15, 0.2) is 5.58 Å². The van der Waals surface area contributed by atoms with Crippen molar-refractivity contribution in [1.29, 1.82) is 0 Å². The lowest BCUT2D eigenvalue weighted by atomic mass is 10.1. The molecule has 0 saturated heterocycles. The first kappa shape index (κ1) is 13.2. The molecule has 2 aromatic heterocycles. The lowest BCUT2D eigenvalue weighted by molar-refractivity contribution is 0.0697. The largest absolute Gasteiger partial charge is 0.478 e. The SMILES string of the molecule is CCc1nnc(C)cc1-c1nc2cc(C(=O)O)ccc2o1. The van der Waals surface area contributed by atoms with E-state index in [0.717, 1.165) is 17.0 Å². The Hall–Kier alpha value is -2.76. The van der Waals surface area contributed by atoms with Gasteiger partial charge in [-0.25, -0.2) is 9.78 Å². The number of carboxylic acids is 1. The van der Waals surface area contributed by atoms with E-state index in [9.17, 15) is 4.79 Å². The van der Waals surface area contributed by atoms with Gasteiger partial charge in [0, 0.05) is 0 Å². The van der Waals surface area contributed by atoms with Crippen molar-refractivity contribution >= 4 is 17.1 Å². The molecule has 106 valence electrons. The number of fused-ring (bicyclic) bond motifs is 1. The maximum absolute atomic E-state index is 11.0. The van der Waals surface area contributed by atoms with Gasteiger partial charge in [0.2, 0.25) is 5.89 Å². The van der Waals surface area contributed by atoms with Crippen LogP contribution >= 0.6 is 0 Å². The van der Waals surface area contributed by atoms with Gasteiger partial charge in [-0.05, 0) is 37.6 Å². The summed E-state index contributed by atoms with van der Waals surface area (Å²) in [6.45, 7) is 3.83. The van der Waals surface area contributed by atoms with Crippen molar-refractivity contribution in [3.8, 4) is 11.5 Å². The molecule has 0 aliphatic carbocycles. The van der Waals surface area contributed by atoms with Crippen molar-refractivity contribution in [1.82, 2.24) is 15.2 Å². The summed E-state index contributed by atoms with van der Waals surface area (Å²) in [6.07, 6.45) is 0.710. The summed E-state index contributed by atoms with van der Waals surface area (Å²) in [5.41, 5.74) is 3.61. The third-order valence-corrected chi connectivity index (χ3v) is 3.19. The maximum Gasteiger partial charge on any atom is 0.335 e. The van der Waals surface area contributed by atoms with Crippen molar-refractivity contribution in [2.75, 3.05) is 0 Å². The molecule has 0 aliphatic heterocycles. The number of carbonyl (C=O) groups is 1. The molecule has 0 saturated carbocycles. The number of rotatable bonds is 3. The van der Waals surface area contributed by atoms with E-state index in [-0.39, 0.29) is 5.56 Å². The summed E-state index contributed by atoms with van der Waals surface area (Å²) in [5.74, 6) is -0.556. The van der Waals surface area contributed by atoms with Crippen molar-refractivity contribution in [2.45, 2.75) is 20.3 Å². The molecule has 0 unspecified atom stereocenters. The number of aromatic nitrogens is 3. The van der Waals surface area contributed by atoms with E-state index < -0.39 is 5.97 Å². The molecule has 0 fully saturated rings. The molecule has 0 amide bonds. The van der Waals surface area contributed by atoms with Crippen LogP contribution in [0.15, 0.2) is 28.7 Å². The van der Waals surface area contributed by atoms with Gasteiger partial charge in [-0.15, -0.1) is 0 Å². The number of oxazole rings is 1. The first-order chi connectivity index (χ1) is 10.1. The fourth-order valence-electron chi connectivity index (χ4n) is 2.14. The van der Waals surface area contributed by atoms with Gasteiger partial charge in [0.05, 0.1) is 22.5 Å². The number of hydrogen-bond donors (Lipinski definition) is 1. The monoisotopic (exact) mass is 283 g/mol. The average molecular weight is 283 g/mol. The van der Waals surface area contributed by atoms with Crippen LogP contribution in [0.3, 0.4) is 0 Å². The van der Waals surface area contributed by atoms with Gasteiger partial charge in [0.1, 0.15) is 5.52 Å². The predicted octanol–water partition coefficient (Wildman–Crippen LogP) is 2.85. The van der Waals surface area contributed by atoms with Crippen LogP contribution in [0.2, 0.25) is 0 Å². The van der Waals surface area contributed by atoms with E-state index >= 15 is 0 Å². The Bertz CT molecular complexity index is 839. The predicted molar refractivity (Wildman–Crippen MR) is 76.1 cm³/mol. The molecule has 6 heteroatoms. The summed E-state index contributed by atoms with van der Waals surface area (Å²) < 4.78 is 5.71. The molecule has 0 atom stereocenters. The molecule has 6 nitrogen and oxygen atoms in total. The number of benzene rings is 1. The van der Waals surface area contributed by atoms with Crippen LogP contribution in [0, 0.1) is 6.92 Å². The first-order valence-electron chi connectivity index (χ1n) is 6.56. The summed E-state index contributed by atoms with van der Waals surface area (Å²) in [4.78, 5) is 15.4. The highest BCUT2D eigenvalue weighted by atomic mass is 16.4. The van der Waals surface area contributed by atoms with Crippen LogP contribution in [0.4, 0.5) is 0 Å². The zero-order valence-corrected chi connectivity index (χ0v) is 11.6. The van der Waals surface area contributed by atoms with E-state index in [4.69, 9.17) is 9.52 Å². The van der Waals surface area contributed by atoms with Gasteiger partial charge in [-0.1, -0.05) is 6.92 Å². The highest BCUT2D eigenvalue weighted by Gasteiger charge is 2.15. The number of carboxylic acid groups (broad SMARTS) is 1. The van der Waals surface area contributed by atoms with Crippen LogP contribution in [0.1, 0.15) is 28.7 Å². The molecule has 0 radical (unpaired) electrons. The average Bonchev–Trinajstić information content (AvgIpc) is 2.89. The Morgan fingerprint density at radius 1 is 1.29 bits per heavy atom. The highest BCUT2D eigenvalue weighted by Crippen LogP contribution is 2.27. The smallest absolute Gasteiger partial charge is 0.335 e. The minimum absolute atomic E-state index is 0.182. The Morgan fingerprint density at radius 3 is 2.81 bits per heavy atom. The Kier molecular flexibility index (Phi) is 3.13. The Balaban J connectivity index is 2.17. The van der Waals surface area contributed by atoms with Crippen LogP contribution in [-0.2, 0) is 6.42 Å². The van der Waals surface area contributed by atoms with Crippen LogP contribution in [0.5, 0.6) is 0 Å². The van der Waals surface area contributed by atoms with Crippen LogP contribution < -0.4 is 0 Å². The fourth-order valence-corrected chi connectivity index (χ4v) is 2.14. The quantitative estimate of drug-likeness (QED) is 0.795. The van der Waals surface area contributed by atoms with Gasteiger partial charge >= 0.3 is 5.97 Å². The zero-order chi connectivity index (χ0) is 15.0. The minimum Gasteiger partial charge on any atom is -0.478 e. The third kappa shape index (κ3) is 2.35. The summed E-state index contributed by atoms with van der Waals surface area (Å²) >= 11 is 0. The van der Waals surface area contributed by atoms with Crippen LogP contribution in [-0.4, -0.2) is 26.3 Å². The molecule has 0 spiro atoms. The second-order valence-electron chi connectivity index (χ2n) is 4.71. The fraction of sp³-hybridized carbons (Fsp3) is 0.200. The number of aromatic carboxylic acids is 1. The summed E-state index contributed by atoms with van der Waals surface area (Å²) in [7, 11) is 0. The molecule has 3 rings (SSSR count). The summed E-state index contributed by atoms with van der Waals surface area (Å²) in [6, 6.07) is 6.48. The second-order valence-corrected chi connectivity index (χ2v) is 4.71. The second kappa shape index (κ2) is 4.97. The zero-order valence-electron chi connectivity index (χ0n) is 11.6. The molecule has 1 aromatic carbocycles. The molecule has 1 N–H and O–H groups in total. The standard InChI is InChI=1S/C15H13N3O3/c1-3-11-10(6-8(2)17-18-11)14-16-12-7-9(15(19)20)4-5-13(12)21-14/h4-7H,3H2,1-2H3,(H,19,20). The van der Waals surface area contributed by atoms with Gasteiger partial charge in [0.25, 0.3) is 0 Å². The number of aryl methyl sites for hydroxylation is 2. The Morgan fingerprint density at radius 2 is 2.10 bits per heavy atom.